The van der Waals surface area contributed by atoms with Crippen LogP contribution in [0.3, 0.4) is 0 Å². The first-order valence-electron chi connectivity index (χ1n) is 6.68. The number of hydrogen-bond donors (Lipinski definition) is 1. The quantitative estimate of drug-likeness (QED) is 0.853. The first-order chi connectivity index (χ1) is 10.5. The monoisotopic (exact) mass is 311 g/mol. The molecule has 1 N–H and O–H groups in total. The zero-order valence-electron chi connectivity index (χ0n) is 11.8. The zero-order chi connectivity index (χ0) is 15.7. The molecule has 0 unspecified atom stereocenters. The van der Waals surface area contributed by atoms with Crippen LogP contribution in [0.4, 0.5) is 10.5 Å². The van der Waals surface area contributed by atoms with Crippen LogP contribution in [0.2, 0.25) is 0 Å². The maximum atomic E-state index is 12.4. The third kappa shape index (κ3) is 2.76. The van der Waals surface area contributed by atoms with Crippen molar-refractivity contribution in [2.75, 3.05) is 4.90 Å². The number of phenols is 1. The van der Waals surface area contributed by atoms with Gasteiger partial charge in [-0.15, -0.1) is 0 Å². The van der Waals surface area contributed by atoms with Crippen LogP contribution in [0, 0.1) is 6.92 Å². The topological polar surface area (TPSA) is 57.6 Å². The molecule has 4 nitrogen and oxygen atoms in total. The number of carbonyl (C=O) groups is 2. The maximum Gasteiger partial charge on any atom is 0.298 e. The molecule has 0 atom stereocenters. The van der Waals surface area contributed by atoms with Gasteiger partial charge in [-0.3, -0.25) is 9.59 Å². The molecule has 5 heteroatoms. The number of phenolic OH excluding ortho intramolecular Hbond substituents is 1. The van der Waals surface area contributed by atoms with E-state index in [0.717, 1.165) is 22.9 Å². The van der Waals surface area contributed by atoms with Crippen molar-refractivity contribution in [1.29, 1.82) is 0 Å². The molecule has 1 aliphatic heterocycles. The number of thioether (sulfide) groups is 1. The lowest BCUT2D eigenvalue weighted by Crippen LogP contribution is -2.27. The van der Waals surface area contributed by atoms with Crippen LogP contribution in [0.1, 0.15) is 11.1 Å². The molecule has 2 aromatic carbocycles. The molecule has 3 rings (SSSR count). The second-order valence-electron chi connectivity index (χ2n) is 4.94. The first kappa shape index (κ1) is 14.4. The van der Waals surface area contributed by atoms with Gasteiger partial charge in [0.25, 0.3) is 11.1 Å². The fourth-order valence-electron chi connectivity index (χ4n) is 2.11. The van der Waals surface area contributed by atoms with Crippen LogP contribution in [0.5, 0.6) is 5.75 Å². The number of anilines is 1. The smallest absolute Gasteiger partial charge is 0.298 e. The number of aromatic hydroxyl groups is 1. The largest absolute Gasteiger partial charge is 0.508 e. The van der Waals surface area contributed by atoms with Crippen LogP contribution in [-0.4, -0.2) is 16.3 Å². The van der Waals surface area contributed by atoms with E-state index in [4.69, 9.17) is 0 Å². The van der Waals surface area contributed by atoms with Crippen molar-refractivity contribution in [3.8, 4) is 5.75 Å². The third-order valence-electron chi connectivity index (χ3n) is 3.28. The Hall–Kier alpha value is -2.53. The van der Waals surface area contributed by atoms with Crippen molar-refractivity contribution in [2.45, 2.75) is 6.92 Å². The molecule has 1 fully saturated rings. The van der Waals surface area contributed by atoms with Gasteiger partial charge in [-0.05, 0) is 54.6 Å². The summed E-state index contributed by atoms with van der Waals surface area (Å²) in [4.78, 5) is 26.1. The van der Waals surface area contributed by atoms with Gasteiger partial charge in [0.2, 0.25) is 0 Å². The second kappa shape index (κ2) is 5.69. The predicted octanol–water partition coefficient (Wildman–Crippen LogP) is 3.94. The Labute approximate surface area is 132 Å². The molecule has 0 saturated carbocycles. The molecule has 0 aromatic heterocycles. The van der Waals surface area contributed by atoms with E-state index in [1.807, 2.05) is 19.1 Å². The molecule has 2 aromatic rings. The summed E-state index contributed by atoms with van der Waals surface area (Å²) in [6.45, 7) is 1.95. The number of imide groups is 1. The standard InChI is InChI=1S/C17H13NO3S/c1-11-2-6-13(7-3-11)18-16(20)15(22-17(18)21)10-12-4-8-14(19)9-5-12/h2-10,19H,1H3/b15-10-. The van der Waals surface area contributed by atoms with E-state index in [-0.39, 0.29) is 16.9 Å². The minimum Gasteiger partial charge on any atom is -0.508 e. The SMILES string of the molecule is Cc1ccc(N2C(=O)S/C(=C\c3ccc(O)cc3)C2=O)cc1. The van der Waals surface area contributed by atoms with E-state index in [0.29, 0.717) is 10.6 Å². The lowest BCUT2D eigenvalue weighted by atomic mass is 10.2. The van der Waals surface area contributed by atoms with Crippen LogP contribution in [0.25, 0.3) is 6.08 Å². The molecule has 0 radical (unpaired) electrons. The average Bonchev–Trinajstić information content (AvgIpc) is 2.77. The summed E-state index contributed by atoms with van der Waals surface area (Å²) in [6, 6.07) is 13.7. The minimum atomic E-state index is -0.327. The molecule has 0 bridgehead atoms. The van der Waals surface area contributed by atoms with Crippen LogP contribution >= 0.6 is 11.8 Å². The van der Waals surface area contributed by atoms with E-state index in [1.165, 1.54) is 17.0 Å². The van der Waals surface area contributed by atoms with Gasteiger partial charge in [0, 0.05) is 0 Å². The summed E-state index contributed by atoms with van der Waals surface area (Å²) in [7, 11) is 0. The van der Waals surface area contributed by atoms with Gasteiger partial charge in [-0.25, -0.2) is 4.90 Å². The highest BCUT2D eigenvalue weighted by Gasteiger charge is 2.36. The Bertz CT molecular complexity index is 763. The molecule has 0 aliphatic carbocycles. The van der Waals surface area contributed by atoms with Crippen molar-refractivity contribution >= 4 is 34.7 Å². The highest BCUT2D eigenvalue weighted by molar-refractivity contribution is 8.19. The number of rotatable bonds is 2. The molecular formula is C17H13NO3S. The van der Waals surface area contributed by atoms with E-state index in [9.17, 15) is 14.7 Å². The van der Waals surface area contributed by atoms with Gasteiger partial charge in [0.05, 0.1) is 10.6 Å². The van der Waals surface area contributed by atoms with Gasteiger partial charge >= 0.3 is 0 Å². The number of benzene rings is 2. The summed E-state index contributed by atoms with van der Waals surface area (Å²) in [5, 5.41) is 8.96. The molecular weight excluding hydrogens is 298 g/mol. The first-order valence-corrected chi connectivity index (χ1v) is 7.50. The van der Waals surface area contributed by atoms with Crippen molar-refractivity contribution in [3.63, 3.8) is 0 Å². The van der Waals surface area contributed by atoms with Crippen molar-refractivity contribution < 1.29 is 14.7 Å². The van der Waals surface area contributed by atoms with E-state index < -0.39 is 0 Å². The Morgan fingerprint density at radius 2 is 1.64 bits per heavy atom. The Morgan fingerprint density at radius 1 is 1.00 bits per heavy atom. The van der Waals surface area contributed by atoms with Crippen LogP contribution in [0.15, 0.2) is 53.4 Å². The van der Waals surface area contributed by atoms with Crippen molar-refractivity contribution in [2.24, 2.45) is 0 Å². The lowest BCUT2D eigenvalue weighted by molar-refractivity contribution is -0.113. The Balaban J connectivity index is 1.91. The average molecular weight is 311 g/mol. The third-order valence-corrected chi connectivity index (χ3v) is 4.15. The number of nitrogens with zero attached hydrogens (tertiary/aromatic N) is 1. The predicted molar refractivity (Wildman–Crippen MR) is 87.7 cm³/mol. The van der Waals surface area contributed by atoms with Gasteiger partial charge in [0.1, 0.15) is 5.75 Å². The van der Waals surface area contributed by atoms with E-state index >= 15 is 0 Å². The summed E-state index contributed by atoms with van der Waals surface area (Å²) in [6.07, 6.45) is 1.65. The summed E-state index contributed by atoms with van der Waals surface area (Å²) in [5.41, 5.74) is 2.39. The van der Waals surface area contributed by atoms with Gasteiger partial charge in [-0.2, -0.15) is 0 Å². The van der Waals surface area contributed by atoms with E-state index in [2.05, 4.69) is 0 Å². The summed E-state index contributed by atoms with van der Waals surface area (Å²) < 4.78 is 0. The minimum absolute atomic E-state index is 0.157. The molecule has 1 heterocycles. The Kier molecular flexibility index (Phi) is 3.73. The molecule has 110 valence electrons. The van der Waals surface area contributed by atoms with Crippen molar-refractivity contribution in [3.05, 3.63) is 64.6 Å². The summed E-state index contributed by atoms with van der Waals surface area (Å²) >= 11 is 0.916. The summed E-state index contributed by atoms with van der Waals surface area (Å²) in [5.74, 6) is -0.170. The van der Waals surface area contributed by atoms with Gasteiger partial charge in [-0.1, -0.05) is 29.8 Å². The molecule has 1 aliphatic rings. The highest BCUT2D eigenvalue weighted by Crippen LogP contribution is 2.35. The lowest BCUT2D eigenvalue weighted by Gasteiger charge is -2.12. The molecule has 1 saturated heterocycles. The Morgan fingerprint density at radius 3 is 2.27 bits per heavy atom. The number of hydrogen-bond acceptors (Lipinski definition) is 4. The second-order valence-corrected chi connectivity index (χ2v) is 5.94. The number of carbonyl (C=O) groups excluding carboxylic acids is 2. The van der Waals surface area contributed by atoms with Gasteiger partial charge < -0.3 is 5.11 Å². The molecule has 0 spiro atoms. The maximum absolute atomic E-state index is 12.4. The van der Waals surface area contributed by atoms with Gasteiger partial charge in [0.15, 0.2) is 0 Å². The van der Waals surface area contributed by atoms with Crippen molar-refractivity contribution in [1.82, 2.24) is 0 Å². The normalized spacial score (nSPS) is 16.6. The fraction of sp³-hybridized carbons (Fsp3) is 0.0588. The number of aryl methyl sites for hydroxylation is 1. The van der Waals surface area contributed by atoms with Crippen LogP contribution < -0.4 is 4.90 Å². The number of amides is 2. The fourth-order valence-corrected chi connectivity index (χ4v) is 2.95. The zero-order valence-corrected chi connectivity index (χ0v) is 12.6. The van der Waals surface area contributed by atoms with E-state index in [1.54, 1.807) is 30.3 Å². The molecule has 2 amide bonds. The van der Waals surface area contributed by atoms with Crippen LogP contribution in [-0.2, 0) is 4.79 Å². The highest BCUT2D eigenvalue weighted by atomic mass is 32.2. The molecule has 22 heavy (non-hydrogen) atoms.